The van der Waals surface area contributed by atoms with Crippen LogP contribution in [0.2, 0.25) is 5.02 Å². The number of hydrogen-bond acceptors (Lipinski definition) is 6. The highest BCUT2D eigenvalue weighted by atomic mass is 35.5. The molecule has 2 aromatic rings. The van der Waals surface area contributed by atoms with Crippen LogP contribution in [0.1, 0.15) is 24.1 Å². The maximum absolute atomic E-state index is 11.9. The third kappa shape index (κ3) is 6.40. The lowest BCUT2D eigenvalue weighted by atomic mass is 10.1. The minimum Gasteiger partial charge on any atom is -0.546 e. The zero-order chi connectivity index (χ0) is 20.5. The van der Waals surface area contributed by atoms with E-state index < -0.39 is 24.4 Å². The zero-order valence-electron chi connectivity index (χ0n) is 14.8. The number of carboxylic acid groups (broad SMARTS) is 1. The second kappa shape index (κ2) is 10.1. The number of nitrogens with one attached hydrogen (secondary N) is 2. The molecule has 0 fully saturated rings. The van der Waals surface area contributed by atoms with E-state index in [0.29, 0.717) is 5.56 Å². The number of halogens is 1. The molecule has 0 aliphatic carbocycles. The monoisotopic (exact) mass is 402 g/mol. The Bertz CT molecular complexity index is 886. The lowest BCUT2D eigenvalue weighted by Crippen LogP contribution is -2.39. The van der Waals surface area contributed by atoms with Gasteiger partial charge in [-0.2, -0.15) is 5.10 Å². The van der Waals surface area contributed by atoms with Gasteiger partial charge in [-0.15, -0.1) is 0 Å². The lowest BCUT2D eigenvalue weighted by Gasteiger charge is -2.13. The van der Waals surface area contributed by atoms with Gasteiger partial charge in [0.05, 0.1) is 23.2 Å². The van der Waals surface area contributed by atoms with Crippen LogP contribution in [0.25, 0.3) is 0 Å². The smallest absolute Gasteiger partial charge is 0.329 e. The van der Waals surface area contributed by atoms with Crippen LogP contribution in [-0.4, -0.2) is 30.6 Å². The average molecular weight is 403 g/mol. The van der Waals surface area contributed by atoms with E-state index in [1.54, 1.807) is 13.0 Å². The Morgan fingerprint density at radius 1 is 1.18 bits per heavy atom. The minimum absolute atomic E-state index is 0.158. The molecule has 0 aromatic heterocycles. The normalized spacial score (nSPS) is 11.6. The molecular weight excluding hydrogens is 386 g/mol. The maximum atomic E-state index is 11.9. The molecule has 2 aromatic carbocycles. The fourth-order valence-corrected chi connectivity index (χ4v) is 2.40. The largest absolute Gasteiger partial charge is 0.546 e. The summed E-state index contributed by atoms with van der Waals surface area (Å²) in [5, 5.41) is 16.8. The fraction of sp³-hybridized carbons (Fsp3) is 0.158. The Morgan fingerprint density at radius 3 is 2.54 bits per heavy atom. The van der Waals surface area contributed by atoms with Crippen LogP contribution in [0.4, 0.5) is 0 Å². The third-order valence-electron chi connectivity index (χ3n) is 3.53. The highest BCUT2D eigenvalue weighted by Crippen LogP contribution is 2.24. The number of amides is 2. The summed E-state index contributed by atoms with van der Waals surface area (Å²) in [4.78, 5) is 34.1. The van der Waals surface area contributed by atoms with Gasteiger partial charge in [-0.1, -0.05) is 41.9 Å². The van der Waals surface area contributed by atoms with E-state index in [1.165, 1.54) is 18.3 Å². The SMILES string of the molecule is C[C@H](NC(=O)C(=O)N/N=C\c1ccc(OCC(=O)[O-])c(Cl)c1)c1ccccc1. The van der Waals surface area contributed by atoms with Gasteiger partial charge in [-0.05, 0) is 36.2 Å². The van der Waals surface area contributed by atoms with Crippen molar-refractivity contribution < 1.29 is 24.2 Å². The number of carboxylic acids is 1. The summed E-state index contributed by atoms with van der Waals surface area (Å²) < 4.78 is 4.94. The number of benzene rings is 2. The fourth-order valence-electron chi connectivity index (χ4n) is 2.15. The molecule has 146 valence electrons. The molecule has 9 heteroatoms. The molecule has 2 rings (SSSR count). The van der Waals surface area contributed by atoms with E-state index in [-0.39, 0.29) is 16.8 Å². The van der Waals surface area contributed by atoms with E-state index in [2.05, 4.69) is 15.8 Å². The standard InChI is InChI=1S/C19H18ClN3O5/c1-12(14-5-3-2-4-6-14)22-18(26)19(27)23-21-10-13-7-8-16(15(20)9-13)28-11-17(24)25/h2-10,12H,11H2,1H3,(H,22,26)(H,23,27)(H,24,25)/p-1/b21-10-/t12-/m0/s1. The van der Waals surface area contributed by atoms with Gasteiger partial charge in [-0.25, -0.2) is 5.43 Å². The van der Waals surface area contributed by atoms with Crippen LogP contribution >= 0.6 is 11.6 Å². The molecule has 0 bridgehead atoms. The Hall–Kier alpha value is -3.39. The number of ether oxygens (including phenoxy) is 1. The van der Waals surface area contributed by atoms with Gasteiger partial charge < -0.3 is 20.0 Å². The number of nitrogens with zero attached hydrogens (tertiary/aromatic N) is 1. The lowest BCUT2D eigenvalue weighted by molar-refractivity contribution is -0.307. The molecular formula is C19H17ClN3O5-. The minimum atomic E-state index is -1.37. The molecule has 0 saturated heterocycles. The van der Waals surface area contributed by atoms with Crippen LogP contribution in [0.3, 0.4) is 0 Å². The maximum Gasteiger partial charge on any atom is 0.329 e. The molecule has 2 amide bonds. The predicted molar refractivity (Wildman–Crippen MR) is 101 cm³/mol. The Balaban J connectivity index is 1.87. The Morgan fingerprint density at radius 2 is 1.89 bits per heavy atom. The number of rotatable bonds is 7. The molecule has 0 unspecified atom stereocenters. The quantitative estimate of drug-likeness (QED) is 0.403. The van der Waals surface area contributed by atoms with Crippen molar-refractivity contribution in [3.05, 3.63) is 64.7 Å². The Labute approximate surface area is 166 Å². The molecule has 0 heterocycles. The summed E-state index contributed by atoms with van der Waals surface area (Å²) in [7, 11) is 0. The molecule has 28 heavy (non-hydrogen) atoms. The van der Waals surface area contributed by atoms with E-state index in [4.69, 9.17) is 16.3 Å². The second-order valence-corrected chi connectivity index (χ2v) is 6.06. The highest BCUT2D eigenvalue weighted by Gasteiger charge is 2.16. The van der Waals surface area contributed by atoms with Crippen molar-refractivity contribution >= 4 is 35.6 Å². The summed E-state index contributed by atoms with van der Waals surface area (Å²) in [6.45, 7) is 1.13. The first kappa shape index (κ1) is 20.9. The molecule has 0 saturated carbocycles. The first-order valence-electron chi connectivity index (χ1n) is 8.18. The van der Waals surface area contributed by atoms with Gasteiger partial charge in [0.15, 0.2) is 0 Å². The van der Waals surface area contributed by atoms with Crippen molar-refractivity contribution in [1.82, 2.24) is 10.7 Å². The zero-order valence-corrected chi connectivity index (χ0v) is 15.6. The molecule has 0 aliphatic heterocycles. The number of aliphatic carboxylic acids is 1. The van der Waals surface area contributed by atoms with E-state index in [0.717, 1.165) is 5.56 Å². The highest BCUT2D eigenvalue weighted by molar-refractivity contribution is 6.35. The first-order valence-corrected chi connectivity index (χ1v) is 8.55. The molecule has 0 spiro atoms. The van der Waals surface area contributed by atoms with Crippen molar-refractivity contribution in [2.75, 3.05) is 6.61 Å². The summed E-state index contributed by atoms with van der Waals surface area (Å²) in [6, 6.07) is 13.3. The van der Waals surface area contributed by atoms with Gasteiger partial charge in [0.1, 0.15) is 12.4 Å². The van der Waals surface area contributed by atoms with Gasteiger partial charge >= 0.3 is 11.8 Å². The number of hydrazone groups is 1. The van der Waals surface area contributed by atoms with Crippen molar-refractivity contribution in [2.24, 2.45) is 5.10 Å². The summed E-state index contributed by atoms with van der Waals surface area (Å²) in [5.74, 6) is -2.94. The van der Waals surface area contributed by atoms with Crippen LogP contribution < -0.4 is 20.6 Å². The summed E-state index contributed by atoms with van der Waals surface area (Å²) in [5.41, 5.74) is 3.49. The number of hydrogen-bond donors (Lipinski definition) is 2. The van der Waals surface area contributed by atoms with Crippen molar-refractivity contribution in [1.29, 1.82) is 0 Å². The van der Waals surface area contributed by atoms with E-state index in [1.807, 2.05) is 30.3 Å². The van der Waals surface area contributed by atoms with Gasteiger partial charge in [0.2, 0.25) is 0 Å². The molecule has 0 aliphatic rings. The summed E-state index contributed by atoms with van der Waals surface area (Å²) >= 11 is 5.97. The molecule has 1 atom stereocenters. The molecule has 8 nitrogen and oxygen atoms in total. The molecule has 2 N–H and O–H groups in total. The van der Waals surface area contributed by atoms with Crippen LogP contribution in [0.5, 0.6) is 5.75 Å². The first-order chi connectivity index (χ1) is 13.4. The predicted octanol–water partition coefficient (Wildman–Crippen LogP) is 0.796. The van der Waals surface area contributed by atoms with Crippen LogP contribution in [0.15, 0.2) is 53.6 Å². The molecule has 0 radical (unpaired) electrons. The van der Waals surface area contributed by atoms with Crippen LogP contribution in [0, 0.1) is 0 Å². The van der Waals surface area contributed by atoms with E-state index in [9.17, 15) is 19.5 Å². The Kier molecular flexibility index (Phi) is 7.53. The summed E-state index contributed by atoms with van der Waals surface area (Å²) in [6.07, 6.45) is 1.28. The van der Waals surface area contributed by atoms with E-state index >= 15 is 0 Å². The van der Waals surface area contributed by atoms with Crippen LogP contribution in [-0.2, 0) is 14.4 Å². The van der Waals surface area contributed by atoms with Crippen molar-refractivity contribution in [3.63, 3.8) is 0 Å². The van der Waals surface area contributed by atoms with Crippen molar-refractivity contribution in [2.45, 2.75) is 13.0 Å². The van der Waals surface area contributed by atoms with Gasteiger partial charge in [-0.3, -0.25) is 9.59 Å². The van der Waals surface area contributed by atoms with Gasteiger partial charge in [0, 0.05) is 0 Å². The number of carbonyl (C=O) groups excluding carboxylic acids is 3. The second-order valence-electron chi connectivity index (χ2n) is 5.66. The van der Waals surface area contributed by atoms with Crippen molar-refractivity contribution in [3.8, 4) is 5.75 Å². The average Bonchev–Trinajstić information content (AvgIpc) is 2.67. The third-order valence-corrected chi connectivity index (χ3v) is 3.83. The topological polar surface area (TPSA) is 120 Å². The van der Waals surface area contributed by atoms with Gasteiger partial charge in [0.25, 0.3) is 0 Å². The number of carbonyl (C=O) groups is 3.